The van der Waals surface area contributed by atoms with Crippen molar-refractivity contribution in [3.8, 4) is 0 Å². The summed E-state index contributed by atoms with van der Waals surface area (Å²) >= 11 is 0. The number of rotatable bonds is 3. The zero-order valence-corrected chi connectivity index (χ0v) is 7.36. The second-order valence-electron chi connectivity index (χ2n) is 3.03. The van der Waals surface area contributed by atoms with Gasteiger partial charge < -0.3 is 0 Å². The van der Waals surface area contributed by atoms with E-state index in [2.05, 4.69) is 11.1 Å². The Balaban J connectivity index is 4.18. The van der Waals surface area contributed by atoms with Crippen LogP contribution in [0.4, 0.5) is 0 Å². The van der Waals surface area contributed by atoms with Gasteiger partial charge in [0.05, 0.1) is 12.9 Å². The van der Waals surface area contributed by atoms with Gasteiger partial charge in [-0.05, 0) is 12.3 Å². The van der Waals surface area contributed by atoms with Gasteiger partial charge in [0.15, 0.2) is 0 Å². The maximum absolute atomic E-state index is 10.8. The second kappa shape index (κ2) is 2.88. The molecule has 0 rings (SSSR count). The third-order valence-corrected chi connectivity index (χ3v) is 2.46. The molecule has 0 amide bonds. The first-order valence-electron chi connectivity index (χ1n) is 2.90. The molecule has 10 heavy (non-hydrogen) atoms. The quantitative estimate of drug-likeness (QED) is 0.581. The number of hydrogen-bond acceptors (Lipinski definition) is 3. The van der Waals surface area contributed by atoms with E-state index in [-0.39, 0.29) is 5.75 Å². The van der Waals surface area contributed by atoms with Crippen LogP contribution in [0.5, 0.6) is 0 Å². The zero-order chi connectivity index (χ0) is 8.41. The van der Waals surface area contributed by atoms with Crippen LogP contribution in [0, 0.1) is 12.3 Å². The van der Waals surface area contributed by atoms with Crippen LogP contribution < -0.4 is 0 Å². The van der Waals surface area contributed by atoms with Gasteiger partial charge in [0.1, 0.15) is 0 Å². The summed E-state index contributed by atoms with van der Waals surface area (Å²) in [6.07, 6.45) is 0. The monoisotopic (exact) mass is 165 g/mol. The van der Waals surface area contributed by atoms with Crippen molar-refractivity contribution in [3.05, 3.63) is 6.92 Å². The largest absolute Gasteiger partial charge is 0.273 e. The van der Waals surface area contributed by atoms with Crippen LogP contribution in [0.25, 0.3) is 0 Å². The molecule has 0 bridgehead atoms. The Bertz CT molecular complexity index is 186. The van der Waals surface area contributed by atoms with Crippen LogP contribution in [-0.2, 0) is 14.3 Å². The lowest BCUT2D eigenvalue weighted by atomic mass is 10.0. The van der Waals surface area contributed by atoms with Gasteiger partial charge in [-0.25, -0.2) is 0 Å². The molecule has 0 aromatic heterocycles. The fourth-order valence-electron chi connectivity index (χ4n) is 0.537. The highest BCUT2D eigenvalue weighted by atomic mass is 32.2. The lowest BCUT2D eigenvalue weighted by Gasteiger charge is -2.15. The van der Waals surface area contributed by atoms with Gasteiger partial charge >= 0.3 is 0 Å². The molecule has 1 radical (unpaired) electrons. The second-order valence-corrected chi connectivity index (χ2v) is 4.77. The summed E-state index contributed by atoms with van der Waals surface area (Å²) in [6, 6.07) is 0. The summed E-state index contributed by atoms with van der Waals surface area (Å²) in [5.41, 5.74) is -0.477. The Hall–Kier alpha value is -0.0900. The highest BCUT2D eigenvalue weighted by Gasteiger charge is 2.20. The molecule has 0 aromatic carbocycles. The molecule has 0 saturated carbocycles. The third kappa shape index (κ3) is 4.76. The average molecular weight is 165 g/mol. The van der Waals surface area contributed by atoms with Crippen molar-refractivity contribution in [2.45, 2.75) is 13.8 Å². The fourth-order valence-corrected chi connectivity index (χ4v) is 1.61. The van der Waals surface area contributed by atoms with E-state index in [0.717, 1.165) is 7.11 Å². The van der Waals surface area contributed by atoms with Gasteiger partial charge in [0, 0.05) is 0 Å². The molecule has 3 nitrogen and oxygen atoms in total. The van der Waals surface area contributed by atoms with Crippen LogP contribution >= 0.6 is 0 Å². The van der Waals surface area contributed by atoms with Crippen LogP contribution in [0.2, 0.25) is 0 Å². The molecular weight excluding hydrogens is 152 g/mol. The van der Waals surface area contributed by atoms with E-state index in [9.17, 15) is 8.42 Å². The predicted octanol–water partition coefficient (Wildman–Crippen LogP) is 0.823. The topological polar surface area (TPSA) is 43.4 Å². The van der Waals surface area contributed by atoms with E-state index >= 15 is 0 Å². The predicted molar refractivity (Wildman–Crippen MR) is 39.9 cm³/mol. The maximum atomic E-state index is 10.8. The minimum atomic E-state index is -3.34. The molecule has 0 aromatic rings. The van der Waals surface area contributed by atoms with E-state index in [1.165, 1.54) is 0 Å². The summed E-state index contributed by atoms with van der Waals surface area (Å²) < 4.78 is 25.8. The maximum Gasteiger partial charge on any atom is 0.267 e. The lowest BCUT2D eigenvalue weighted by Crippen LogP contribution is -2.21. The van der Waals surface area contributed by atoms with Crippen molar-refractivity contribution in [1.82, 2.24) is 0 Å². The molecule has 4 heteroatoms. The first-order valence-corrected chi connectivity index (χ1v) is 4.48. The Morgan fingerprint density at radius 2 is 1.90 bits per heavy atom. The van der Waals surface area contributed by atoms with Crippen molar-refractivity contribution in [2.75, 3.05) is 12.9 Å². The summed E-state index contributed by atoms with van der Waals surface area (Å²) in [4.78, 5) is 0. The molecule has 0 unspecified atom stereocenters. The zero-order valence-electron chi connectivity index (χ0n) is 6.55. The van der Waals surface area contributed by atoms with Crippen LogP contribution in [-0.4, -0.2) is 21.3 Å². The molecular formula is C6H13O3S. The smallest absolute Gasteiger partial charge is 0.267 e. The summed E-state index contributed by atoms with van der Waals surface area (Å²) in [5.74, 6) is -0.0451. The highest BCUT2D eigenvalue weighted by Crippen LogP contribution is 2.15. The Kier molecular flexibility index (Phi) is 2.86. The highest BCUT2D eigenvalue weighted by molar-refractivity contribution is 7.86. The van der Waals surface area contributed by atoms with E-state index in [0.29, 0.717) is 0 Å². The van der Waals surface area contributed by atoms with Crippen LogP contribution in [0.3, 0.4) is 0 Å². The molecule has 61 valence electrons. The van der Waals surface area contributed by atoms with Gasteiger partial charge in [-0.3, -0.25) is 4.18 Å². The number of hydrogen-bond donors (Lipinski definition) is 0. The van der Waals surface area contributed by atoms with E-state index in [1.54, 1.807) is 13.8 Å². The SMILES string of the molecule is [CH2]C(C)(C)CS(=O)(=O)OC. The first-order chi connectivity index (χ1) is 4.27. The average Bonchev–Trinajstić information content (AvgIpc) is 1.60. The van der Waals surface area contributed by atoms with Crippen LogP contribution in [0.15, 0.2) is 0 Å². The van der Waals surface area contributed by atoms with Gasteiger partial charge in [-0.2, -0.15) is 8.42 Å². The van der Waals surface area contributed by atoms with Gasteiger partial charge in [-0.15, -0.1) is 0 Å². The minimum Gasteiger partial charge on any atom is -0.273 e. The standard InChI is InChI=1S/C6H13O3S/c1-6(2,3)5-10(7,8)9-4/h1,5H2,2-4H3. The van der Waals surface area contributed by atoms with Crippen molar-refractivity contribution in [1.29, 1.82) is 0 Å². The third-order valence-electron chi connectivity index (χ3n) is 0.821. The molecule has 0 aliphatic rings. The molecule has 0 spiro atoms. The molecule has 0 aliphatic heterocycles. The van der Waals surface area contributed by atoms with Crippen molar-refractivity contribution >= 4 is 10.1 Å². The molecule has 0 heterocycles. The summed E-state index contributed by atoms with van der Waals surface area (Å²) in [6.45, 7) is 7.12. The van der Waals surface area contributed by atoms with E-state index in [4.69, 9.17) is 0 Å². The van der Waals surface area contributed by atoms with E-state index < -0.39 is 15.5 Å². The molecule has 0 aliphatic carbocycles. The van der Waals surface area contributed by atoms with Gasteiger partial charge in [0.2, 0.25) is 0 Å². The van der Waals surface area contributed by atoms with Gasteiger partial charge in [-0.1, -0.05) is 13.8 Å². The Morgan fingerprint density at radius 3 is 2.00 bits per heavy atom. The van der Waals surface area contributed by atoms with Crippen molar-refractivity contribution < 1.29 is 12.6 Å². The lowest BCUT2D eigenvalue weighted by molar-refractivity contribution is 0.382. The molecule has 0 fully saturated rings. The van der Waals surface area contributed by atoms with Crippen molar-refractivity contribution in [2.24, 2.45) is 5.41 Å². The fraction of sp³-hybridized carbons (Fsp3) is 0.833. The van der Waals surface area contributed by atoms with E-state index in [1.807, 2.05) is 0 Å². The Labute approximate surface area is 62.5 Å². The van der Waals surface area contributed by atoms with Gasteiger partial charge in [0.25, 0.3) is 10.1 Å². The first kappa shape index (κ1) is 9.91. The molecule has 0 saturated heterocycles. The summed E-state index contributed by atoms with van der Waals surface area (Å²) in [5, 5.41) is 0. The normalized spacial score (nSPS) is 13.6. The molecule has 0 atom stereocenters. The minimum absolute atomic E-state index is 0.0451. The summed E-state index contributed by atoms with van der Waals surface area (Å²) in [7, 11) is -2.19. The van der Waals surface area contributed by atoms with Crippen LogP contribution in [0.1, 0.15) is 13.8 Å². The van der Waals surface area contributed by atoms with Crippen molar-refractivity contribution in [3.63, 3.8) is 0 Å². The Morgan fingerprint density at radius 1 is 1.50 bits per heavy atom. The molecule has 0 N–H and O–H groups in total.